The fraction of sp³-hybridized carbons (Fsp3) is 0.409. The van der Waals surface area contributed by atoms with Crippen LogP contribution in [0.5, 0.6) is 17.2 Å². The van der Waals surface area contributed by atoms with Gasteiger partial charge in [-0.15, -0.1) is 13.2 Å². The van der Waals surface area contributed by atoms with Crippen LogP contribution in [0.15, 0.2) is 47.4 Å². The lowest BCUT2D eigenvalue weighted by atomic mass is 10.2. The van der Waals surface area contributed by atoms with E-state index in [0.717, 1.165) is 24.3 Å². The Balaban J connectivity index is 2.11. The number of hydrogen-bond donors (Lipinski definition) is 1. The molecular formula is C22H26F3NO7S. The molecule has 1 unspecified atom stereocenters. The number of benzene rings is 2. The van der Waals surface area contributed by atoms with Crippen molar-refractivity contribution in [3.63, 3.8) is 0 Å². The molecule has 0 aliphatic heterocycles. The molecule has 2 rings (SSSR count). The number of carboxylic acids is 1. The van der Waals surface area contributed by atoms with Crippen LogP contribution in [0.4, 0.5) is 13.2 Å². The summed E-state index contributed by atoms with van der Waals surface area (Å²) in [5.74, 6) is -0.797. The first-order chi connectivity index (χ1) is 15.8. The van der Waals surface area contributed by atoms with Gasteiger partial charge in [-0.2, -0.15) is 4.31 Å². The van der Waals surface area contributed by atoms with E-state index in [1.807, 2.05) is 0 Å². The van der Waals surface area contributed by atoms with Crippen molar-refractivity contribution in [1.82, 2.24) is 4.31 Å². The molecule has 34 heavy (non-hydrogen) atoms. The van der Waals surface area contributed by atoms with Gasteiger partial charge in [0, 0.05) is 6.54 Å². The number of ether oxygens (including phenoxy) is 3. The highest BCUT2D eigenvalue weighted by Gasteiger charge is 2.32. The van der Waals surface area contributed by atoms with Gasteiger partial charge in [0.2, 0.25) is 10.0 Å². The van der Waals surface area contributed by atoms with Crippen molar-refractivity contribution in [3.05, 3.63) is 48.0 Å². The van der Waals surface area contributed by atoms with Crippen LogP contribution >= 0.6 is 0 Å². The van der Waals surface area contributed by atoms with E-state index >= 15 is 0 Å². The minimum absolute atomic E-state index is 0.00324. The van der Waals surface area contributed by atoms with Gasteiger partial charge in [-0.1, -0.05) is 6.92 Å². The Morgan fingerprint density at radius 3 is 2.24 bits per heavy atom. The molecule has 0 aromatic heterocycles. The predicted molar refractivity (Wildman–Crippen MR) is 117 cm³/mol. The quantitative estimate of drug-likeness (QED) is 0.461. The van der Waals surface area contributed by atoms with Gasteiger partial charge in [-0.05, 0) is 68.3 Å². The summed E-state index contributed by atoms with van der Waals surface area (Å²) >= 11 is 0. The molecule has 0 saturated heterocycles. The van der Waals surface area contributed by atoms with Crippen LogP contribution in [-0.2, 0) is 14.8 Å². The lowest BCUT2D eigenvalue weighted by molar-refractivity contribution is -0.274. The van der Waals surface area contributed by atoms with Crippen molar-refractivity contribution < 1.29 is 45.7 Å². The summed E-state index contributed by atoms with van der Waals surface area (Å²) in [6.45, 7) is 4.87. The second-order valence-electron chi connectivity index (χ2n) is 7.40. The lowest BCUT2D eigenvalue weighted by Gasteiger charge is -2.28. The smallest absolute Gasteiger partial charge is 0.492 e. The monoisotopic (exact) mass is 505 g/mol. The van der Waals surface area contributed by atoms with E-state index in [1.54, 1.807) is 39.0 Å². The Morgan fingerprint density at radius 1 is 1.09 bits per heavy atom. The lowest BCUT2D eigenvalue weighted by Crippen LogP contribution is -2.42. The average Bonchev–Trinajstić information content (AvgIpc) is 2.74. The van der Waals surface area contributed by atoms with E-state index in [4.69, 9.17) is 14.6 Å². The van der Waals surface area contributed by atoms with Gasteiger partial charge < -0.3 is 19.3 Å². The minimum Gasteiger partial charge on any atom is -0.492 e. The van der Waals surface area contributed by atoms with Gasteiger partial charge >= 0.3 is 12.3 Å². The zero-order valence-corrected chi connectivity index (χ0v) is 19.6. The number of carboxylic acid groups (broad SMARTS) is 1. The molecular weight excluding hydrogens is 479 g/mol. The minimum atomic E-state index is -4.88. The highest BCUT2D eigenvalue weighted by atomic mass is 32.2. The summed E-state index contributed by atoms with van der Waals surface area (Å²) in [4.78, 5) is 10.5. The number of aliphatic carboxylic acids is 1. The third kappa shape index (κ3) is 7.80. The standard InChI is InChI=1S/C22H26F3NO7S/c1-4-11-26(34(29,30)19-8-5-17(6-9-19)33-22(23,24)25)16(3)13-31-18-7-10-20(15(2)12-18)32-14-21(27)28/h5-10,12,16H,4,11,13-14H2,1-3H3,(H,27,28). The highest BCUT2D eigenvalue weighted by Crippen LogP contribution is 2.27. The third-order valence-electron chi connectivity index (χ3n) is 4.59. The van der Waals surface area contributed by atoms with E-state index in [-0.39, 0.29) is 18.0 Å². The maximum absolute atomic E-state index is 13.1. The molecule has 8 nitrogen and oxygen atoms in total. The fourth-order valence-corrected chi connectivity index (χ4v) is 4.77. The molecule has 0 spiro atoms. The van der Waals surface area contributed by atoms with Gasteiger partial charge in [0.1, 0.15) is 23.9 Å². The van der Waals surface area contributed by atoms with Crippen molar-refractivity contribution in [1.29, 1.82) is 0 Å². The molecule has 0 saturated carbocycles. The van der Waals surface area contributed by atoms with E-state index in [1.165, 1.54) is 4.31 Å². The van der Waals surface area contributed by atoms with Crippen LogP contribution in [-0.4, -0.2) is 56.0 Å². The molecule has 2 aromatic rings. The summed E-state index contributed by atoms with van der Waals surface area (Å²) in [7, 11) is -4.02. The Kier molecular flexibility index (Phi) is 9.16. The second kappa shape index (κ2) is 11.4. The Hall–Kier alpha value is -2.99. The zero-order valence-electron chi connectivity index (χ0n) is 18.8. The molecule has 1 N–H and O–H groups in total. The van der Waals surface area contributed by atoms with Crippen LogP contribution in [0.25, 0.3) is 0 Å². The number of halogens is 3. The Labute approximate surface area is 195 Å². The number of rotatable bonds is 12. The number of carbonyl (C=O) groups is 1. The van der Waals surface area contributed by atoms with Gasteiger partial charge in [-0.3, -0.25) is 0 Å². The zero-order chi connectivity index (χ0) is 25.5. The first-order valence-electron chi connectivity index (χ1n) is 10.3. The summed E-state index contributed by atoms with van der Waals surface area (Å²) in [5, 5.41) is 8.71. The SMILES string of the molecule is CCCN(C(C)COc1ccc(OCC(=O)O)c(C)c1)S(=O)(=O)c1ccc(OC(F)(F)F)cc1. The van der Waals surface area contributed by atoms with Crippen molar-refractivity contribution in [3.8, 4) is 17.2 Å². The summed E-state index contributed by atoms with van der Waals surface area (Å²) in [6, 6.07) is 8.20. The van der Waals surface area contributed by atoms with Gasteiger partial charge in [0.25, 0.3) is 0 Å². The molecule has 0 fully saturated rings. The fourth-order valence-electron chi connectivity index (χ4n) is 3.06. The molecule has 12 heteroatoms. The van der Waals surface area contributed by atoms with Crippen molar-refractivity contribution in [2.75, 3.05) is 19.8 Å². The third-order valence-corrected chi connectivity index (χ3v) is 6.62. The molecule has 2 aromatic carbocycles. The predicted octanol–water partition coefficient (Wildman–Crippen LogP) is 4.23. The summed E-state index contributed by atoms with van der Waals surface area (Å²) in [5.41, 5.74) is 0.644. The molecule has 0 amide bonds. The Morgan fingerprint density at radius 2 is 1.71 bits per heavy atom. The first-order valence-corrected chi connectivity index (χ1v) is 11.7. The molecule has 1 atom stereocenters. The van der Waals surface area contributed by atoms with E-state index in [9.17, 15) is 26.4 Å². The van der Waals surface area contributed by atoms with Crippen LogP contribution in [0.1, 0.15) is 25.8 Å². The highest BCUT2D eigenvalue weighted by molar-refractivity contribution is 7.89. The van der Waals surface area contributed by atoms with Crippen LogP contribution in [0.2, 0.25) is 0 Å². The van der Waals surface area contributed by atoms with Crippen molar-refractivity contribution >= 4 is 16.0 Å². The molecule has 0 heterocycles. The number of nitrogens with zero attached hydrogens (tertiary/aromatic N) is 1. The largest absolute Gasteiger partial charge is 0.573 e. The number of sulfonamides is 1. The topological polar surface area (TPSA) is 102 Å². The second-order valence-corrected chi connectivity index (χ2v) is 9.30. The van der Waals surface area contributed by atoms with Crippen molar-refractivity contribution in [2.24, 2.45) is 0 Å². The van der Waals surface area contributed by atoms with Gasteiger partial charge in [0.05, 0.1) is 10.9 Å². The Bertz CT molecular complexity index is 1070. The normalized spacial score (nSPS) is 12.9. The average molecular weight is 506 g/mol. The molecule has 0 aliphatic carbocycles. The van der Waals surface area contributed by atoms with E-state index in [0.29, 0.717) is 23.5 Å². The van der Waals surface area contributed by atoms with Crippen molar-refractivity contribution in [2.45, 2.75) is 44.5 Å². The maximum atomic E-state index is 13.1. The van der Waals surface area contributed by atoms with E-state index < -0.39 is 40.8 Å². The molecule has 0 radical (unpaired) electrons. The van der Waals surface area contributed by atoms with Crippen LogP contribution in [0.3, 0.4) is 0 Å². The number of aryl methyl sites for hydroxylation is 1. The number of hydrogen-bond acceptors (Lipinski definition) is 6. The molecule has 188 valence electrons. The summed E-state index contributed by atoms with van der Waals surface area (Å²) in [6.07, 6.45) is -4.37. The first kappa shape index (κ1) is 27.3. The van der Waals surface area contributed by atoms with Crippen LogP contribution in [0, 0.1) is 6.92 Å². The molecule has 0 aliphatic rings. The van der Waals surface area contributed by atoms with Gasteiger partial charge in [-0.25, -0.2) is 13.2 Å². The van der Waals surface area contributed by atoms with E-state index in [2.05, 4.69) is 4.74 Å². The summed E-state index contributed by atoms with van der Waals surface area (Å²) < 4.78 is 79.3. The number of alkyl halides is 3. The maximum Gasteiger partial charge on any atom is 0.573 e. The molecule has 0 bridgehead atoms. The van der Waals surface area contributed by atoms with Crippen LogP contribution < -0.4 is 14.2 Å². The van der Waals surface area contributed by atoms with Gasteiger partial charge in [0.15, 0.2) is 6.61 Å².